The average molecular weight is 253 g/mol. The number of aromatic nitrogens is 1. The highest BCUT2D eigenvalue weighted by atomic mass is 35.5. The molecule has 0 radical (unpaired) electrons. The summed E-state index contributed by atoms with van der Waals surface area (Å²) in [4.78, 5) is 14.2. The van der Waals surface area contributed by atoms with Crippen molar-refractivity contribution in [3.63, 3.8) is 0 Å². The molecule has 0 aliphatic rings. The van der Waals surface area contributed by atoms with Crippen LogP contribution >= 0.6 is 34.5 Å². The number of carbonyl (C=O) groups excluding carboxylic acids is 1. The van der Waals surface area contributed by atoms with Gasteiger partial charge in [0, 0.05) is 24.0 Å². The van der Waals surface area contributed by atoms with E-state index in [-0.39, 0.29) is 5.91 Å². The van der Waals surface area contributed by atoms with E-state index in [4.69, 9.17) is 23.2 Å². The van der Waals surface area contributed by atoms with Gasteiger partial charge in [-0.15, -0.1) is 11.3 Å². The van der Waals surface area contributed by atoms with Gasteiger partial charge >= 0.3 is 0 Å². The molecule has 1 N–H and O–H groups in total. The summed E-state index contributed by atoms with van der Waals surface area (Å²) in [5.41, 5.74) is 1.00. The Morgan fingerprint density at radius 2 is 2.43 bits per heavy atom. The number of rotatable bonds is 4. The minimum Gasteiger partial charge on any atom is -0.353 e. The van der Waals surface area contributed by atoms with Crippen LogP contribution in [-0.2, 0) is 11.2 Å². The normalized spacial score (nSPS) is 10.6. The first-order valence-corrected chi connectivity index (χ1v) is 5.81. The van der Waals surface area contributed by atoms with Crippen LogP contribution in [0.15, 0.2) is 5.38 Å². The van der Waals surface area contributed by atoms with Crippen molar-refractivity contribution in [1.29, 1.82) is 0 Å². The van der Waals surface area contributed by atoms with Crippen LogP contribution in [0.1, 0.15) is 10.7 Å². The number of carbonyl (C=O) groups is 1. The smallest absolute Gasteiger partial charge is 0.253 e. The monoisotopic (exact) mass is 252 g/mol. The summed E-state index contributed by atoms with van der Waals surface area (Å²) in [6.45, 7) is 2.45. The summed E-state index contributed by atoms with van der Waals surface area (Å²) in [6, 6.07) is 0. The fourth-order valence-electron chi connectivity index (χ4n) is 0.887. The Kier molecular flexibility index (Phi) is 4.65. The number of hydrogen-bond donors (Lipinski definition) is 1. The summed E-state index contributed by atoms with van der Waals surface area (Å²) in [7, 11) is 0. The number of thiazole rings is 1. The fourth-order valence-corrected chi connectivity index (χ4v) is 1.82. The lowest BCUT2D eigenvalue weighted by atomic mass is 10.4. The van der Waals surface area contributed by atoms with Crippen molar-refractivity contribution in [2.75, 3.05) is 6.54 Å². The zero-order valence-corrected chi connectivity index (χ0v) is 9.92. The minimum atomic E-state index is -0.993. The van der Waals surface area contributed by atoms with Gasteiger partial charge in [-0.25, -0.2) is 4.98 Å². The first-order chi connectivity index (χ1) is 6.59. The average Bonchev–Trinajstić information content (AvgIpc) is 2.51. The van der Waals surface area contributed by atoms with Crippen LogP contribution in [0.5, 0.6) is 0 Å². The van der Waals surface area contributed by atoms with E-state index in [0.717, 1.165) is 10.7 Å². The standard InChI is InChI=1S/C8H10Cl2N2OS/c1-5-4-14-6(12-5)2-3-11-8(13)7(9)10/h4,7H,2-3H2,1H3,(H,11,13). The predicted octanol–water partition coefficient (Wildman–Crippen LogP) is 1.91. The van der Waals surface area contributed by atoms with Crippen LogP contribution in [-0.4, -0.2) is 22.3 Å². The molecular formula is C8H10Cl2N2OS. The first-order valence-electron chi connectivity index (χ1n) is 4.06. The molecule has 1 heterocycles. The number of halogens is 2. The number of nitrogens with zero attached hydrogens (tertiary/aromatic N) is 1. The van der Waals surface area contributed by atoms with Gasteiger partial charge in [-0.2, -0.15) is 0 Å². The third-order valence-electron chi connectivity index (χ3n) is 1.50. The highest BCUT2D eigenvalue weighted by Gasteiger charge is 2.10. The van der Waals surface area contributed by atoms with Crippen LogP contribution in [0.4, 0.5) is 0 Å². The molecule has 0 saturated carbocycles. The van der Waals surface area contributed by atoms with E-state index in [2.05, 4.69) is 10.3 Å². The number of amides is 1. The van der Waals surface area contributed by atoms with E-state index in [9.17, 15) is 4.79 Å². The third kappa shape index (κ3) is 3.82. The maximum Gasteiger partial charge on any atom is 0.253 e. The lowest BCUT2D eigenvalue weighted by Gasteiger charge is -2.02. The van der Waals surface area contributed by atoms with Crippen molar-refractivity contribution in [1.82, 2.24) is 10.3 Å². The second kappa shape index (κ2) is 5.53. The molecule has 1 amide bonds. The number of nitrogens with one attached hydrogen (secondary N) is 1. The summed E-state index contributed by atoms with van der Waals surface area (Å²) in [6.07, 6.45) is 0.713. The van der Waals surface area contributed by atoms with Crippen LogP contribution < -0.4 is 5.32 Å². The summed E-state index contributed by atoms with van der Waals surface area (Å²) in [5.74, 6) is -0.360. The first kappa shape index (κ1) is 11.8. The Balaban J connectivity index is 2.25. The summed E-state index contributed by atoms with van der Waals surface area (Å²) < 4.78 is 0. The van der Waals surface area contributed by atoms with Crippen molar-refractivity contribution in [2.24, 2.45) is 0 Å². The molecule has 0 saturated heterocycles. The molecule has 0 unspecified atom stereocenters. The summed E-state index contributed by atoms with van der Waals surface area (Å²) in [5, 5.41) is 5.58. The van der Waals surface area contributed by atoms with Gasteiger partial charge in [0.25, 0.3) is 5.91 Å². The van der Waals surface area contributed by atoms with Gasteiger partial charge in [0.1, 0.15) is 0 Å². The van der Waals surface area contributed by atoms with Gasteiger partial charge in [-0.3, -0.25) is 4.79 Å². The van der Waals surface area contributed by atoms with E-state index in [0.29, 0.717) is 13.0 Å². The zero-order valence-electron chi connectivity index (χ0n) is 7.59. The number of alkyl halides is 2. The Bertz CT molecular complexity index is 314. The highest BCUT2D eigenvalue weighted by molar-refractivity contribution is 7.09. The molecule has 1 aromatic rings. The lowest BCUT2D eigenvalue weighted by Crippen LogP contribution is -2.30. The predicted molar refractivity (Wildman–Crippen MR) is 59.1 cm³/mol. The van der Waals surface area contributed by atoms with Crippen LogP contribution in [0, 0.1) is 6.92 Å². The van der Waals surface area contributed by atoms with Crippen LogP contribution in [0.25, 0.3) is 0 Å². The van der Waals surface area contributed by atoms with Crippen molar-refractivity contribution in [3.05, 3.63) is 16.1 Å². The molecule has 0 spiro atoms. The number of hydrogen-bond acceptors (Lipinski definition) is 3. The van der Waals surface area contributed by atoms with Gasteiger partial charge in [-0.05, 0) is 6.92 Å². The number of aryl methyl sites for hydroxylation is 1. The van der Waals surface area contributed by atoms with Gasteiger partial charge in [0.15, 0.2) is 4.84 Å². The van der Waals surface area contributed by atoms with Gasteiger partial charge in [0.2, 0.25) is 0 Å². The second-order valence-corrected chi connectivity index (χ2v) is 4.76. The van der Waals surface area contributed by atoms with Crippen molar-refractivity contribution in [2.45, 2.75) is 18.2 Å². The Labute approximate surface area is 96.4 Å². The van der Waals surface area contributed by atoms with Crippen molar-refractivity contribution in [3.8, 4) is 0 Å². The molecule has 0 bridgehead atoms. The summed E-state index contributed by atoms with van der Waals surface area (Å²) >= 11 is 12.3. The molecule has 0 aromatic carbocycles. The van der Waals surface area contributed by atoms with E-state index in [1.807, 2.05) is 12.3 Å². The molecule has 14 heavy (non-hydrogen) atoms. The van der Waals surface area contributed by atoms with E-state index in [1.165, 1.54) is 0 Å². The maximum atomic E-state index is 10.9. The van der Waals surface area contributed by atoms with Crippen molar-refractivity contribution >= 4 is 40.4 Å². The maximum absolute atomic E-state index is 10.9. The largest absolute Gasteiger partial charge is 0.353 e. The van der Waals surface area contributed by atoms with Crippen LogP contribution in [0.3, 0.4) is 0 Å². The molecule has 78 valence electrons. The molecule has 3 nitrogen and oxygen atoms in total. The van der Waals surface area contributed by atoms with Crippen molar-refractivity contribution < 1.29 is 4.79 Å². The molecule has 0 atom stereocenters. The molecule has 0 aliphatic carbocycles. The Morgan fingerprint density at radius 3 is 2.93 bits per heavy atom. The third-order valence-corrected chi connectivity index (χ3v) is 2.93. The molecule has 6 heteroatoms. The fraction of sp³-hybridized carbons (Fsp3) is 0.500. The molecule has 1 aromatic heterocycles. The van der Waals surface area contributed by atoms with Gasteiger partial charge in [0.05, 0.1) is 5.01 Å². The molecular weight excluding hydrogens is 243 g/mol. The van der Waals surface area contributed by atoms with E-state index < -0.39 is 4.84 Å². The highest BCUT2D eigenvalue weighted by Crippen LogP contribution is 2.08. The van der Waals surface area contributed by atoms with E-state index in [1.54, 1.807) is 11.3 Å². The Hall–Kier alpha value is -0.320. The SMILES string of the molecule is Cc1csc(CCNC(=O)C(Cl)Cl)n1. The van der Waals surface area contributed by atoms with Gasteiger partial charge in [-0.1, -0.05) is 23.2 Å². The second-order valence-electron chi connectivity index (χ2n) is 2.72. The topological polar surface area (TPSA) is 42.0 Å². The van der Waals surface area contributed by atoms with E-state index >= 15 is 0 Å². The zero-order chi connectivity index (χ0) is 10.6. The lowest BCUT2D eigenvalue weighted by molar-refractivity contribution is -0.119. The Morgan fingerprint density at radius 1 is 1.71 bits per heavy atom. The quantitative estimate of drug-likeness (QED) is 0.833. The molecule has 0 aliphatic heterocycles. The van der Waals surface area contributed by atoms with Crippen LogP contribution in [0.2, 0.25) is 0 Å². The minimum absolute atomic E-state index is 0.360. The molecule has 0 fully saturated rings. The molecule has 1 rings (SSSR count). The van der Waals surface area contributed by atoms with Gasteiger partial charge < -0.3 is 5.32 Å².